The molecule has 2 aromatic rings. The van der Waals surface area contributed by atoms with Crippen molar-refractivity contribution in [3.8, 4) is 0 Å². The molecule has 0 atom stereocenters. The van der Waals surface area contributed by atoms with Crippen molar-refractivity contribution in [2.24, 2.45) is 0 Å². The van der Waals surface area contributed by atoms with Crippen molar-refractivity contribution in [1.82, 2.24) is 0 Å². The summed E-state index contributed by atoms with van der Waals surface area (Å²) in [4.78, 5) is 0. The molecule has 0 aliphatic carbocycles. The standard InChI is InChI=1S/C38H61GeP/c1-24(2)27-19-29(25(3)4)33(30(20-27)26(5)6)39(38(16,17)18)23-40-34-31(36(10,11)12)21-28(35(7,8)9)22-32(34)37(13,14)15/h19-22,24-26H,1-18H3. The molecule has 0 aliphatic heterocycles. The Kier molecular flexibility index (Phi) is 10.9. The Balaban J connectivity index is 3.20. The van der Waals surface area contributed by atoms with Gasteiger partial charge < -0.3 is 0 Å². The molecule has 0 N–H and O–H groups in total. The molecule has 2 aromatic carbocycles. The average Bonchev–Trinajstić information content (AvgIpc) is 2.75. The molecule has 2 rings (SSSR count). The van der Waals surface area contributed by atoms with Crippen molar-refractivity contribution in [2.45, 2.75) is 163 Å². The number of hydrogen-bond acceptors (Lipinski definition) is 0. The van der Waals surface area contributed by atoms with Crippen LogP contribution in [0.2, 0.25) is 4.25 Å². The molecule has 222 valence electrons. The molecule has 2 heteroatoms. The zero-order valence-electron chi connectivity index (χ0n) is 29.5. The van der Waals surface area contributed by atoms with Crippen molar-refractivity contribution in [2.75, 3.05) is 0 Å². The Hall–Kier alpha value is -0.937. The van der Waals surface area contributed by atoms with Crippen LogP contribution in [0.3, 0.4) is 0 Å². The van der Waals surface area contributed by atoms with Gasteiger partial charge >= 0.3 is 257 Å². The molecule has 40 heavy (non-hydrogen) atoms. The van der Waals surface area contributed by atoms with E-state index in [1.807, 2.05) is 0 Å². The van der Waals surface area contributed by atoms with Crippen LogP contribution in [0, 0.1) is 0 Å². The van der Waals surface area contributed by atoms with Gasteiger partial charge in [0, 0.05) is 0 Å². The predicted molar refractivity (Wildman–Crippen MR) is 188 cm³/mol. The fraction of sp³-hybridized carbons (Fsp3) is 0.658. The summed E-state index contributed by atoms with van der Waals surface area (Å²) < 4.78 is 6.26. The quantitative estimate of drug-likeness (QED) is 0.230. The van der Waals surface area contributed by atoms with Crippen LogP contribution in [0.1, 0.15) is 176 Å². The van der Waals surface area contributed by atoms with Gasteiger partial charge in [0.05, 0.1) is 0 Å². The Labute approximate surface area is 255 Å². The van der Waals surface area contributed by atoms with Gasteiger partial charge in [0.25, 0.3) is 0 Å². The van der Waals surface area contributed by atoms with Crippen molar-refractivity contribution in [3.63, 3.8) is 0 Å². The van der Waals surface area contributed by atoms with Gasteiger partial charge in [-0.1, -0.05) is 0 Å². The van der Waals surface area contributed by atoms with Crippen LogP contribution in [0.4, 0.5) is 0 Å². The molecule has 0 radical (unpaired) electrons. The topological polar surface area (TPSA) is 0 Å². The van der Waals surface area contributed by atoms with Crippen LogP contribution in [-0.2, 0) is 16.2 Å². The van der Waals surface area contributed by atoms with E-state index in [4.69, 9.17) is 0 Å². The first kappa shape index (κ1) is 35.3. The fourth-order valence-corrected chi connectivity index (χ4v) is 15.5. The summed E-state index contributed by atoms with van der Waals surface area (Å²) in [5.74, 6) is 1.56. The molecule has 0 spiro atoms. The summed E-state index contributed by atoms with van der Waals surface area (Å²) in [6, 6.07) is 10.1. The Morgan fingerprint density at radius 2 is 0.975 bits per heavy atom. The SMILES string of the molecule is CC(C)c1cc(C(C)C)[c]([Ge](=[C]=Pc2c(C(C)(C)C)cc(C(C)(C)C)cc2C(C)(C)C)[C](C)(C)C)c(C(C)C)c1. The third-order valence-electron chi connectivity index (χ3n) is 8.00. The van der Waals surface area contributed by atoms with E-state index in [1.165, 1.54) is 35.8 Å². The Morgan fingerprint density at radius 1 is 0.575 bits per heavy atom. The van der Waals surface area contributed by atoms with Gasteiger partial charge in [0.1, 0.15) is 0 Å². The van der Waals surface area contributed by atoms with Crippen molar-refractivity contribution in [3.05, 3.63) is 57.6 Å². The van der Waals surface area contributed by atoms with E-state index in [0.29, 0.717) is 17.8 Å². The first-order valence-electron chi connectivity index (χ1n) is 15.6. The second kappa shape index (κ2) is 12.4. The molecular weight excluding hydrogens is 560 g/mol. The maximum atomic E-state index is 4.35. The normalized spacial score (nSPS) is 13.5. The third kappa shape index (κ3) is 8.33. The molecule has 0 unspecified atom stereocenters. The van der Waals surface area contributed by atoms with Gasteiger partial charge in [0.15, 0.2) is 0 Å². The number of hydrogen-bond donors (Lipinski definition) is 0. The molecule has 0 aliphatic rings. The minimum atomic E-state index is -2.03. The van der Waals surface area contributed by atoms with Crippen LogP contribution in [0.5, 0.6) is 0 Å². The fourth-order valence-electron chi connectivity index (χ4n) is 5.29. The summed E-state index contributed by atoms with van der Waals surface area (Å²) >= 11 is -2.03. The monoisotopic (exact) mass is 622 g/mol. The third-order valence-corrected chi connectivity index (χ3v) is 16.6. The zero-order valence-corrected chi connectivity index (χ0v) is 32.5. The van der Waals surface area contributed by atoms with E-state index >= 15 is 0 Å². The summed E-state index contributed by atoms with van der Waals surface area (Å²) in [5, 5.41) is 1.50. The molecule has 0 saturated heterocycles. The van der Waals surface area contributed by atoms with Gasteiger partial charge in [-0.2, -0.15) is 0 Å². The van der Waals surface area contributed by atoms with Crippen molar-refractivity contribution in [1.29, 1.82) is 0 Å². The number of benzene rings is 2. The zero-order chi connectivity index (χ0) is 31.2. The summed E-state index contributed by atoms with van der Waals surface area (Å²) in [5.41, 5.74) is 9.34. The molecule has 0 nitrogen and oxygen atoms in total. The van der Waals surface area contributed by atoms with Gasteiger partial charge in [-0.25, -0.2) is 0 Å². The maximum absolute atomic E-state index is 4.35. The van der Waals surface area contributed by atoms with E-state index in [1.54, 1.807) is 15.5 Å². The van der Waals surface area contributed by atoms with Crippen molar-refractivity contribution >= 4 is 36.0 Å². The van der Waals surface area contributed by atoms with E-state index in [-0.39, 0.29) is 20.5 Å². The Morgan fingerprint density at radius 3 is 1.25 bits per heavy atom. The summed E-state index contributed by atoms with van der Waals surface area (Å²) in [6.07, 6.45) is 0. The van der Waals surface area contributed by atoms with Crippen LogP contribution in [0.25, 0.3) is 0 Å². The first-order chi connectivity index (χ1) is 17.9. The molecule has 0 saturated carbocycles. The van der Waals surface area contributed by atoms with Gasteiger partial charge in [-0.3, -0.25) is 0 Å². The summed E-state index contributed by atoms with van der Waals surface area (Å²) in [6.45, 7) is 43.1. The van der Waals surface area contributed by atoms with E-state index < -0.39 is 13.9 Å². The van der Waals surface area contributed by atoms with Gasteiger partial charge in [0.2, 0.25) is 0 Å². The molecule has 0 amide bonds. The first-order valence-corrected chi connectivity index (χ1v) is 19.6. The summed E-state index contributed by atoms with van der Waals surface area (Å²) in [7, 11) is 1.28. The van der Waals surface area contributed by atoms with Gasteiger partial charge in [-0.15, -0.1) is 0 Å². The second-order valence-corrected chi connectivity index (χ2v) is 25.1. The number of rotatable bonds is 5. The Bertz CT molecular complexity index is 1200. The molecule has 0 fully saturated rings. The minimum absolute atomic E-state index is 0.0677. The van der Waals surface area contributed by atoms with E-state index in [9.17, 15) is 0 Å². The molecule has 0 heterocycles. The second-order valence-electron chi connectivity index (χ2n) is 17.1. The molecule has 0 aromatic heterocycles. The van der Waals surface area contributed by atoms with Crippen LogP contribution in [0.15, 0.2) is 24.3 Å². The predicted octanol–water partition coefficient (Wildman–Crippen LogP) is 10.9. The van der Waals surface area contributed by atoms with Crippen LogP contribution >= 0.6 is 8.20 Å². The van der Waals surface area contributed by atoms with Crippen LogP contribution < -0.4 is 9.70 Å². The molecule has 0 bridgehead atoms. The van der Waals surface area contributed by atoms with E-state index in [2.05, 4.69) is 153 Å². The van der Waals surface area contributed by atoms with Crippen LogP contribution in [-0.4, -0.2) is 18.1 Å². The van der Waals surface area contributed by atoms with E-state index in [0.717, 1.165) is 0 Å². The molecular formula is C38H61GeP. The van der Waals surface area contributed by atoms with Crippen molar-refractivity contribution < 1.29 is 0 Å². The average molecular weight is 621 g/mol. The van der Waals surface area contributed by atoms with Gasteiger partial charge in [-0.05, 0) is 0 Å².